The number of hydrogen-bond acceptors (Lipinski definition) is 2. The predicted molar refractivity (Wildman–Crippen MR) is 86.8 cm³/mol. The van der Waals surface area contributed by atoms with Gasteiger partial charge in [0.15, 0.2) is 16.6 Å². The van der Waals surface area contributed by atoms with Crippen molar-refractivity contribution in [2.75, 3.05) is 0 Å². The van der Waals surface area contributed by atoms with Crippen LogP contribution < -0.4 is 0 Å². The summed E-state index contributed by atoms with van der Waals surface area (Å²) in [5.41, 5.74) is 1.42. The van der Waals surface area contributed by atoms with E-state index in [-0.39, 0.29) is 0 Å². The number of fused-ring (bicyclic) bond motifs is 2. The Balaban J connectivity index is 1.34. The van der Waals surface area contributed by atoms with E-state index in [9.17, 15) is 0 Å². The normalized spacial score (nSPS) is 47.5. The Morgan fingerprint density at radius 2 is 1.85 bits per heavy atom. The highest BCUT2D eigenvalue weighted by molar-refractivity contribution is 6.84. The molecule has 2 nitrogen and oxygen atoms in total. The lowest BCUT2D eigenvalue weighted by molar-refractivity contribution is 0.0299. The minimum absolute atomic E-state index is 0.684. The molecule has 0 aromatic rings. The van der Waals surface area contributed by atoms with Gasteiger partial charge in [-0.3, -0.25) is 0 Å². The van der Waals surface area contributed by atoms with Crippen molar-refractivity contribution in [3.8, 4) is 0 Å². The minimum atomic E-state index is -1.46. The van der Waals surface area contributed by atoms with Gasteiger partial charge in [0.25, 0.3) is 0 Å². The summed E-state index contributed by atoms with van der Waals surface area (Å²) in [5, 5.41) is 0. The summed E-state index contributed by atoms with van der Waals surface area (Å²) in [7, 11) is -2.86. The number of hydrogen-bond donors (Lipinski definition) is 0. The van der Waals surface area contributed by atoms with Crippen LogP contribution in [0.4, 0.5) is 0 Å². The summed E-state index contributed by atoms with van der Waals surface area (Å²) in [6.45, 7) is 12.0. The highest BCUT2D eigenvalue weighted by Gasteiger charge is 2.94. The van der Waals surface area contributed by atoms with Crippen molar-refractivity contribution in [1.29, 1.82) is 0 Å². The third kappa shape index (κ3) is 1.68. The summed E-state index contributed by atoms with van der Waals surface area (Å²) in [6, 6.07) is 2.70. The predicted octanol–water partition coefficient (Wildman–Crippen LogP) is 4.39. The zero-order chi connectivity index (χ0) is 14.4. The summed E-state index contributed by atoms with van der Waals surface area (Å²) in [5.74, 6) is 0.943. The molecule has 0 spiro atoms. The Morgan fingerprint density at radius 1 is 1.15 bits per heavy atom. The summed E-state index contributed by atoms with van der Waals surface area (Å²) >= 11 is 0. The first-order valence-corrected chi connectivity index (χ1v) is 14.8. The summed E-state index contributed by atoms with van der Waals surface area (Å²) in [6.07, 6.45) is 7.11. The van der Waals surface area contributed by atoms with Crippen LogP contribution >= 0.6 is 0 Å². The highest BCUT2D eigenvalue weighted by Crippen LogP contribution is 2.94. The fraction of sp³-hybridized carbons (Fsp3) is 1.00. The van der Waals surface area contributed by atoms with E-state index in [0.29, 0.717) is 17.6 Å². The number of epoxide rings is 1. The van der Waals surface area contributed by atoms with Crippen molar-refractivity contribution in [3.63, 3.8) is 0 Å². The monoisotopic (exact) mass is 310 g/mol. The third-order valence-corrected chi connectivity index (χ3v) is 14.4. The first kappa shape index (κ1) is 14.0. The molecule has 0 aromatic heterocycles. The first-order chi connectivity index (χ1) is 9.25. The molecule has 5 unspecified atom stereocenters. The minimum Gasteiger partial charge on any atom is -0.455 e. The molecule has 4 heteroatoms. The third-order valence-electron chi connectivity index (χ3n) is 6.84. The van der Waals surface area contributed by atoms with Crippen molar-refractivity contribution in [1.82, 2.24) is 0 Å². The number of rotatable bonds is 7. The van der Waals surface area contributed by atoms with Gasteiger partial charge in [0.05, 0.1) is 12.2 Å². The van der Waals surface area contributed by atoms with Gasteiger partial charge in [-0.05, 0) is 68.9 Å². The molecule has 0 N–H and O–H groups in total. The molecule has 0 radical (unpaired) electrons. The largest absolute Gasteiger partial charge is 0.455 e. The SMILES string of the molecule is CCC[Si](C)(C)O[Si](C)(C)CCC12CC13CC2C1OC13. The molecule has 5 atom stereocenters. The Hall–Kier alpha value is 0.354. The molecule has 1 saturated heterocycles. The van der Waals surface area contributed by atoms with E-state index in [1.807, 2.05) is 0 Å². The van der Waals surface area contributed by atoms with E-state index in [1.165, 1.54) is 37.8 Å². The molecule has 0 aromatic carbocycles. The van der Waals surface area contributed by atoms with Gasteiger partial charge in [-0.15, -0.1) is 0 Å². The average molecular weight is 311 g/mol. The lowest BCUT2D eigenvalue weighted by Gasteiger charge is -2.41. The van der Waals surface area contributed by atoms with Crippen LogP contribution in [0.3, 0.4) is 0 Å². The molecule has 4 rings (SSSR count). The molecule has 3 aliphatic carbocycles. The van der Waals surface area contributed by atoms with E-state index in [2.05, 4.69) is 33.1 Å². The molecule has 2 bridgehead atoms. The van der Waals surface area contributed by atoms with E-state index >= 15 is 0 Å². The molecule has 1 aliphatic heterocycles. The number of ether oxygens (including phenoxy) is 1. The van der Waals surface area contributed by atoms with E-state index in [1.54, 1.807) is 0 Å². The van der Waals surface area contributed by atoms with E-state index < -0.39 is 16.6 Å². The van der Waals surface area contributed by atoms with Gasteiger partial charge in [-0.25, -0.2) is 0 Å². The second-order valence-corrected chi connectivity index (χ2v) is 18.0. The molecule has 4 aliphatic rings. The van der Waals surface area contributed by atoms with Gasteiger partial charge < -0.3 is 8.85 Å². The average Bonchev–Trinajstić information content (AvgIpc) is 3.11. The Kier molecular flexibility index (Phi) is 2.66. The van der Waals surface area contributed by atoms with Crippen LogP contribution in [0.2, 0.25) is 38.3 Å². The fourth-order valence-electron chi connectivity index (χ4n) is 6.06. The second kappa shape index (κ2) is 3.81. The molecule has 114 valence electrons. The fourth-order valence-corrected chi connectivity index (χ4v) is 15.1. The maximum Gasteiger partial charge on any atom is 0.173 e. The van der Waals surface area contributed by atoms with Gasteiger partial charge in [-0.1, -0.05) is 13.3 Å². The molecular weight excluding hydrogens is 280 g/mol. The zero-order valence-corrected chi connectivity index (χ0v) is 15.8. The standard InChI is InChI=1S/C16H30O2Si2/c1-6-8-19(2,3)18-20(4,5)9-7-15-11-16(15)10-12(15)13-14(16)17-13/h12-14H,6-11H2,1-5H3. The molecule has 4 fully saturated rings. The van der Waals surface area contributed by atoms with Crippen molar-refractivity contribution < 1.29 is 8.85 Å². The van der Waals surface area contributed by atoms with Gasteiger partial charge in [0.1, 0.15) is 0 Å². The lowest BCUT2D eigenvalue weighted by Crippen LogP contribution is -2.45. The topological polar surface area (TPSA) is 21.8 Å². The molecular formula is C16H30O2Si2. The van der Waals surface area contributed by atoms with Crippen LogP contribution in [0.25, 0.3) is 0 Å². The van der Waals surface area contributed by atoms with Gasteiger partial charge >= 0.3 is 0 Å². The van der Waals surface area contributed by atoms with Crippen LogP contribution in [-0.2, 0) is 8.85 Å². The van der Waals surface area contributed by atoms with Crippen molar-refractivity contribution in [2.45, 2.75) is 83.1 Å². The van der Waals surface area contributed by atoms with Crippen LogP contribution in [0.15, 0.2) is 0 Å². The molecule has 0 amide bonds. The maximum atomic E-state index is 6.72. The van der Waals surface area contributed by atoms with Crippen molar-refractivity contribution in [2.24, 2.45) is 16.7 Å². The van der Waals surface area contributed by atoms with E-state index in [0.717, 1.165) is 11.3 Å². The first-order valence-electron chi connectivity index (χ1n) is 8.61. The summed E-state index contributed by atoms with van der Waals surface area (Å²) < 4.78 is 12.5. The molecule has 20 heavy (non-hydrogen) atoms. The molecule has 1 heterocycles. The second-order valence-electron chi connectivity index (χ2n) is 9.19. The van der Waals surface area contributed by atoms with Gasteiger partial charge in [0, 0.05) is 5.41 Å². The van der Waals surface area contributed by atoms with Crippen LogP contribution in [0, 0.1) is 16.7 Å². The zero-order valence-electron chi connectivity index (χ0n) is 13.8. The Labute approximate surface area is 125 Å². The maximum absolute atomic E-state index is 6.72. The Bertz CT molecular complexity index is 450. The van der Waals surface area contributed by atoms with Crippen LogP contribution in [0.1, 0.15) is 32.6 Å². The van der Waals surface area contributed by atoms with Crippen molar-refractivity contribution in [3.05, 3.63) is 0 Å². The van der Waals surface area contributed by atoms with E-state index in [4.69, 9.17) is 8.85 Å². The smallest absolute Gasteiger partial charge is 0.173 e. The quantitative estimate of drug-likeness (QED) is 0.514. The molecule has 3 saturated carbocycles. The lowest BCUT2D eigenvalue weighted by atomic mass is 9.69. The van der Waals surface area contributed by atoms with Gasteiger partial charge in [-0.2, -0.15) is 0 Å². The van der Waals surface area contributed by atoms with Gasteiger partial charge in [0.2, 0.25) is 0 Å². The van der Waals surface area contributed by atoms with Crippen LogP contribution in [-0.4, -0.2) is 28.8 Å². The Morgan fingerprint density at radius 3 is 2.40 bits per heavy atom. The van der Waals surface area contributed by atoms with Crippen molar-refractivity contribution >= 4 is 16.6 Å². The highest BCUT2D eigenvalue weighted by atomic mass is 28.4. The van der Waals surface area contributed by atoms with Crippen LogP contribution in [0.5, 0.6) is 0 Å². The summed E-state index contributed by atoms with van der Waals surface area (Å²) in [4.78, 5) is 0.